The molecule has 1 amide bonds. The van der Waals surface area contributed by atoms with Crippen LogP contribution in [0.3, 0.4) is 0 Å². The Kier molecular flexibility index (Phi) is 58.5. The summed E-state index contributed by atoms with van der Waals surface area (Å²) in [4.78, 5) is 24.5. The number of unbranched alkanes of at least 4 members (excludes halogenated alkanes) is 46. The number of aliphatic hydroxyl groups excluding tert-OH is 2. The Hall–Kier alpha value is -1.66. The summed E-state index contributed by atoms with van der Waals surface area (Å²) in [5.74, 6) is -0.0540. The van der Waals surface area contributed by atoms with Crippen LogP contribution in [0.4, 0.5) is 0 Å². The lowest BCUT2D eigenvalue weighted by Gasteiger charge is -2.20. The molecule has 3 N–H and O–H groups in total. The third kappa shape index (κ3) is 55.7. The minimum Gasteiger partial charge on any atom is -0.466 e. The summed E-state index contributed by atoms with van der Waals surface area (Å²) in [5, 5.41) is 23.1. The molecule has 2 atom stereocenters. The van der Waals surface area contributed by atoms with Crippen LogP contribution in [0.2, 0.25) is 0 Å². The number of amides is 1. The first kappa shape index (κ1) is 68.3. The molecule has 0 spiro atoms. The van der Waals surface area contributed by atoms with E-state index in [0.717, 1.165) is 38.5 Å². The molecule has 2 unspecified atom stereocenters. The van der Waals surface area contributed by atoms with E-state index in [0.29, 0.717) is 19.4 Å². The van der Waals surface area contributed by atoms with Crippen LogP contribution in [-0.2, 0) is 14.3 Å². The molecule has 0 aromatic heterocycles. The van der Waals surface area contributed by atoms with Crippen LogP contribution in [-0.4, -0.2) is 47.4 Å². The lowest BCUT2D eigenvalue weighted by atomic mass is 10.0. The molecule has 0 radical (unpaired) electrons. The van der Waals surface area contributed by atoms with Crippen LogP contribution in [0.5, 0.6) is 0 Å². The topological polar surface area (TPSA) is 95.9 Å². The van der Waals surface area contributed by atoms with E-state index in [1.54, 1.807) is 6.08 Å². The van der Waals surface area contributed by atoms with Crippen LogP contribution >= 0.6 is 0 Å². The van der Waals surface area contributed by atoms with Crippen molar-refractivity contribution in [3.63, 3.8) is 0 Å². The summed E-state index contributed by atoms with van der Waals surface area (Å²) in [7, 11) is 0. The maximum Gasteiger partial charge on any atom is 0.305 e. The van der Waals surface area contributed by atoms with Crippen molar-refractivity contribution < 1.29 is 24.5 Å². The van der Waals surface area contributed by atoms with Crippen LogP contribution in [0, 0.1) is 0 Å². The molecule has 0 aromatic carbocycles. The quantitative estimate of drug-likeness (QED) is 0.0321. The fourth-order valence-electron chi connectivity index (χ4n) is 9.87. The Morgan fingerprint density at radius 1 is 0.386 bits per heavy atom. The number of rotatable bonds is 59. The maximum absolute atomic E-state index is 12.4. The SMILES string of the molecule is CCCCCCCCCCCC/C=C/C(O)C(CO)NC(=O)CCCCCCCCCCC/C=C\CCCCCCCCCCCCCCOC(=O)CCCCCCCCCCCCCCCCCC. The van der Waals surface area contributed by atoms with Gasteiger partial charge < -0.3 is 20.3 Å². The molecule has 0 aliphatic carbocycles. The van der Waals surface area contributed by atoms with Crippen LogP contribution in [0.1, 0.15) is 348 Å². The lowest BCUT2D eigenvalue weighted by Crippen LogP contribution is -2.45. The summed E-state index contributed by atoms with van der Waals surface area (Å²) in [6.45, 7) is 4.92. The van der Waals surface area contributed by atoms with Crippen molar-refractivity contribution in [3.8, 4) is 0 Å². The summed E-state index contributed by atoms with van der Waals surface area (Å²) in [6.07, 6.45) is 73.7. The predicted octanol–water partition coefficient (Wildman–Crippen LogP) is 19.8. The van der Waals surface area contributed by atoms with Crippen molar-refractivity contribution in [2.24, 2.45) is 0 Å². The molecule has 0 saturated carbocycles. The van der Waals surface area contributed by atoms with Gasteiger partial charge in [0.05, 0.1) is 25.4 Å². The summed E-state index contributed by atoms with van der Waals surface area (Å²) < 4.78 is 5.50. The second kappa shape index (κ2) is 59.9. The monoisotopic (exact) mass is 986 g/mol. The molecular weight excluding hydrogens is 863 g/mol. The number of nitrogens with one attached hydrogen (secondary N) is 1. The van der Waals surface area contributed by atoms with E-state index in [-0.39, 0.29) is 18.5 Å². The normalized spacial score (nSPS) is 12.7. The fraction of sp³-hybridized carbons (Fsp3) is 0.906. The predicted molar refractivity (Wildman–Crippen MR) is 306 cm³/mol. The van der Waals surface area contributed by atoms with Gasteiger partial charge in [-0.3, -0.25) is 9.59 Å². The van der Waals surface area contributed by atoms with Gasteiger partial charge in [-0.2, -0.15) is 0 Å². The summed E-state index contributed by atoms with van der Waals surface area (Å²) >= 11 is 0. The highest BCUT2D eigenvalue weighted by atomic mass is 16.5. The Balaban J connectivity index is 3.38. The molecule has 0 bridgehead atoms. The minimum absolute atomic E-state index is 0.0167. The van der Waals surface area contributed by atoms with Crippen molar-refractivity contribution in [1.29, 1.82) is 0 Å². The van der Waals surface area contributed by atoms with Crippen molar-refractivity contribution in [2.45, 2.75) is 360 Å². The van der Waals surface area contributed by atoms with Gasteiger partial charge in [-0.05, 0) is 57.8 Å². The van der Waals surface area contributed by atoms with Crippen LogP contribution in [0.15, 0.2) is 24.3 Å². The van der Waals surface area contributed by atoms with Crippen molar-refractivity contribution >= 4 is 11.9 Å². The van der Waals surface area contributed by atoms with E-state index in [4.69, 9.17) is 4.74 Å². The molecule has 0 heterocycles. The molecule has 6 heteroatoms. The molecule has 70 heavy (non-hydrogen) atoms. The van der Waals surface area contributed by atoms with Gasteiger partial charge in [0.2, 0.25) is 5.91 Å². The van der Waals surface area contributed by atoms with Gasteiger partial charge in [0.1, 0.15) is 0 Å². The summed E-state index contributed by atoms with van der Waals surface area (Å²) in [5.41, 5.74) is 0. The van der Waals surface area contributed by atoms with Gasteiger partial charge in [0.15, 0.2) is 0 Å². The van der Waals surface area contributed by atoms with Gasteiger partial charge in [-0.25, -0.2) is 0 Å². The number of ether oxygens (including phenoxy) is 1. The average Bonchev–Trinajstić information content (AvgIpc) is 3.36. The molecule has 0 rings (SSSR count). The largest absolute Gasteiger partial charge is 0.466 e. The van der Waals surface area contributed by atoms with E-state index in [1.165, 1.54) is 283 Å². The number of carbonyl (C=O) groups is 2. The number of esters is 1. The zero-order chi connectivity index (χ0) is 50.7. The highest BCUT2D eigenvalue weighted by Gasteiger charge is 2.18. The second-order valence-corrected chi connectivity index (χ2v) is 21.7. The summed E-state index contributed by atoms with van der Waals surface area (Å²) in [6, 6.07) is -0.629. The highest BCUT2D eigenvalue weighted by Crippen LogP contribution is 2.17. The molecule has 6 nitrogen and oxygen atoms in total. The number of hydrogen-bond acceptors (Lipinski definition) is 5. The second-order valence-electron chi connectivity index (χ2n) is 21.7. The van der Waals surface area contributed by atoms with Gasteiger partial charge >= 0.3 is 5.97 Å². The van der Waals surface area contributed by atoms with Gasteiger partial charge in [0, 0.05) is 12.8 Å². The van der Waals surface area contributed by atoms with Crippen LogP contribution in [0.25, 0.3) is 0 Å². The van der Waals surface area contributed by atoms with Crippen LogP contribution < -0.4 is 5.32 Å². The number of aliphatic hydroxyl groups is 2. The van der Waals surface area contributed by atoms with E-state index >= 15 is 0 Å². The number of allylic oxidation sites excluding steroid dienone is 3. The molecule has 0 aliphatic rings. The zero-order valence-electron chi connectivity index (χ0n) is 47.3. The van der Waals surface area contributed by atoms with Crippen molar-refractivity contribution in [2.75, 3.05) is 13.2 Å². The van der Waals surface area contributed by atoms with Crippen molar-refractivity contribution in [3.05, 3.63) is 24.3 Å². The third-order valence-electron chi connectivity index (χ3n) is 14.7. The number of carbonyl (C=O) groups excluding carboxylic acids is 2. The third-order valence-corrected chi connectivity index (χ3v) is 14.7. The minimum atomic E-state index is -0.845. The molecule has 0 saturated heterocycles. The Labute approximate surface area is 437 Å². The first-order chi connectivity index (χ1) is 34.5. The molecule has 414 valence electrons. The fourth-order valence-corrected chi connectivity index (χ4v) is 9.87. The Morgan fingerprint density at radius 3 is 1.01 bits per heavy atom. The first-order valence-electron chi connectivity index (χ1n) is 31.6. The van der Waals surface area contributed by atoms with E-state index in [1.807, 2.05) is 6.08 Å². The van der Waals surface area contributed by atoms with E-state index in [9.17, 15) is 19.8 Å². The molecule has 0 aromatic rings. The number of hydrogen-bond donors (Lipinski definition) is 3. The zero-order valence-corrected chi connectivity index (χ0v) is 47.3. The maximum atomic E-state index is 12.4. The van der Waals surface area contributed by atoms with E-state index in [2.05, 4.69) is 31.3 Å². The molecule has 0 fully saturated rings. The van der Waals surface area contributed by atoms with Gasteiger partial charge in [-0.1, -0.05) is 301 Å². The Bertz CT molecular complexity index is 1090. The van der Waals surface area contributed by atoms with E-state index < -0.39 is 12.1 Å². The lowest BCUT2D eigenvalue weighted by molar-refractivity contribution is -0.143. The first-order valence-corrected chi connectivity index (χ1v) is 31.6. The standard InChI is InChI=1S/C64H123NO5/c1-3-5-7-9-11-13-15-17-18-31-34-38-42-46-50-54-58-64(69)70-59-55-51-47-43-39-35-32-29-27-25-23-21-19-20-22-24-26-28-30-33-37-41-45-49-53-57-63(68)65-61(60-66)62(67)56-52-48-44-40-36-16-14-12-10-8-6-4-2/h20,22,52,56,61-62,66-67H,3-19,21,23-51,53-55,57-60H2,1-2H3,(H,65,68)/b22-20-,56-52+. The Morgan fingerprint density at radius 2 is 0.671 bits per heavy atom. The van der Waals surface area contributed by atoms with Crippen molar-refractivity contribution in [1.82, 2.24) is 5.32 Å². The smallest absolute Gasteiger partial charge is 0.305 e. The van der Waals surface area contributed by atoms with Gasteiger partial charge in [0.25, 0.3) is 0 Å². The average molecular weight is 987 g/mol. The van der Waals surface area contributed by atoms with Gasteiger partial charge in [-0.15, -0.1) is 0 Å². The molecule has 0 aliphatic heterocycles. The highest BCUT2D eigenvalue weighted by molar-refractivity contribution is 5.76. The molecular formula is C64H123NO5.